The Labute approximate surface area is 157 Å². The first-order chi connectivity index (χ1) is 12.2. The predicted octanol–water partition coefficient (Wildman–Crippen LogP) is 4.11. The third-order valence-corrected chi connectivity index (χ3v) is 5.18. The van der Waals surface area contributed by atoms with E-state index in [1.54, 1.807) is 24.3 Å². The number of ether oxygens (including phenoxy) is 1. The zero-order valence-corrected chi connectivity index (χ0v) is 15.9. The summed E-state index contributed by atoms with van der Waals surface area (Å²) >= 11 is 3.33. The fourth-order valence-electron chi connectivity index (χ4n) is 2.02. The van der Waals surface area contributed by atoms with Gasteiger partial charge in [-0.2, -0.15) is 8.78 Å². The number of benzene rings is 2. The average molecular weight is 446 g/mol. The van der Waals surface area contributed by atoms with Crippen LogP contribution >= 0.6 is 15.9 Å². The van der Waals surface area contributed by atoms with E-state index in [0.717, 1.165) is 16.6 Å². The largest absolute Gasteiger partial charge is 0.496 e. The van der Waals surface area contributed by atoms with Crippen LogP contribution in [0.2, 0.25) is 0 Å². The quantitative estimate of drug-likeness (QED) is 0.679. The number of hydrogen-bond acceptors (Lipinski definition) is 4. The fourth-order valence-corrected chi connectivity index (χ4v) is 3.12. The number of rotatable bonds is 6. The van der Waals surface area contributed by atoms with E-state index in [9.17, 15) is 22.0 Å². The summed E-state index contributed by atoms with van der Waals surface area (Å²) in [6.07, 6.45) is 2.82. The fraction of sp³-hybridized carbons (Fsp3) is 0.118. The smallest absolute Gasteiger partial charge is 0.341 e. The van der Waals surface area contributed by atoms with Crippen LogP contribution in [0.3, 0.4) is 0 Å². The minimum atomic E-state index is -4.66. The zero-order chi connectivity index (χ0) is 19.3. The number of alkyl halides is 2. The number of amides is 1. The molecule has 0 atom stereocenters. The topological polar surface area (TPSA) is 72.5 Å². The summed E-state index contributed by atoms with van der Waals surface area (Å²) in [4.78, 5) is 11.5. The van der Waals surface area contributed by atoms with Gasteiger partial charge in [0, 0.05) is 21.8 Å². The molecule has 1 amide bonds. The molecular formula is C17H14BrF2NO4S. The Morgan fingerprint density at radius 3 is 2.42 bits per heavy atom. The van der Waals surface area contributed by atoms with Crippen LogP contribution in [0.25, 0.3) is 6.08 Å². The molecule has 1 N–H and O–H groups in total. The van der Waals surface area contributed by atoms with Crippen molar-refractivity contribution in [2.75, 3.05) is 12.4 Å². The molecule has 2 aromatic rings. The molecule has 0 aliphatic heterocycles. The molecule has 0 fully saturated rings. The van der Waals surface area contributed by atoms with E-state index in [4.69, 9.17) is 4.74 Å². The summed E-state index contributed by atoms with van der Waals surface area (Å²) in [5.41, 5.74) is 0.949. The van der Waals surface area contributed by atoms with Gasteiger partial charge in [0.1, 0.15) is 5.75 Å². The summed E-state index contributed by atoms with van der Waals surface area (Å²) in [5.74, 6) is -3.39. The van der Waals surface area contributed by atoms with Gasteiger partial charge in [-0.05, 0) is 48.5 Å². The summed E-state index contributed by atoms with van der Waals surface area (Å²) in [6, 6.07) is 9.80. The lowest BCUT2D eigenvalue weighted by atomic mass is 10.2. The van der Waals surface area contributed by atoms with E-state index in [0.29, 0.717) is 11.3 Å². The van der Waals surface area contributed by atoms with Gasteiger partial charge >= 0.3 is 5.76 Å². The molecule has 0 aliphatic carbocycles. The van der Waals surface area contributed by atoms with Crippen molar-refractivity contribution in [2.45, 2.75) is 10.7 Å². The van der Waals surface area contributed by atoms with Crippen LogP contribution in [0, 0.1) is 0 Å². The van der Waals surface area contributed by atoms with Crippen molar-refractivity contribution in [1.29, 1.82) is 0 Å². The molecule has 0 saturated carbocycles. The standard InChI is InChI=1S/C17H14BrF2NO4S/c1-25-15-8-3-12(18)10-11(15)2-9-16(22)21-13-4-6-14(7-5-13)26(23,24)17(19)20/h2-10,17H,1H3,(H,21,22). The number of carbonyl (C=O) groups is 1. The molecule has 0 unspecified atom stereocenters. The Hall–Kier alpha value is -2.26. The normalized spacial score (nSPS) is 11.7. The minimum absolute atomic E-state index is 0.272. The van der Waals surface area contributed by atoms with Crippen molar-refractivity contribution in [1.82, 2.24) is 0 Å². The molecule has 2 aromatic carbocycles. The first kappa shape index (κ1) is 20.1. The van der Waals surface area contributed by atoms with Gasteiger partial charge < -0.3 is 10.1 Å². The Kier molecular flexibility index (Phi) is 6.49. The maximum Gasteiger partial charge on any atom is 0.341 e. The van der Waals surface area contributed by atoms with Crippen LogP contribution in [0.1, 0.15) is 5.56 Å². The van der Waals surface area contributed by atoms with E-state index in [2.05, 4.69) is 21.2 Å². The van der Waals surface area contributed by atoms with Crippen LogP contribution in [0.5, 0.6) is 5.75 Å². The SMILES string of the molecule is COc1ccc(Br)cc1C=CC(=O)Nc1ccc(S(=O)(=O)C(F)F)cc1. The summed E-state index contributed by atoms with van der Waals surface area (Å²) in [6.45, 7) is 0. The molecule has 9 heteroatoms. The second-order valence-electron chi connectivity index (χ2n) is 5.04. The van der Waals surface area contributed by atoms with Crippen LogP contribution in [0.15, 0.2) is 57.9 Å². The van der Waals surface area contributed by atoms with E-state index in [1.165, 1.54) is 25.3 Å². The van der Waals surface area contributed by atoms with Gasteiger partial charge in [-0.1, -0.05) is 15.9 Å². The highest BCUT2D eigenvalue weighted by Crippen LogP contribution is 2.24. The molecule has 2 rings (SSSR count). The Balaban J connectivity index is 2.10. The number of anilines is 1. The van der Waals surface area contributed by atoms with Crippen LogP contribution in [-0.2, 0) is 14.6 Å². The second-order valence-corrected chi connectivity index (χ2v) is 7.87. The maximum absolute atomic E-state index is 12.5. The monoisotopic (exact) mass is 445 g/mol. The Morgan fingerprint density at radius 1 is 1.19 bits per heavy atom. The highest BCUT2D eigenvalue weighted by molar-refractivity contribution is 9.10. The van der Waals surface area contributed by atoms with E-state index in [-0.39, 0.29) is 5.69 Å². The third-order valence-electron chi connectivity index (χ3n) is 3.29. The Bertz CT molecular complexity index is 928. The number of nitrogens with one attached hydrogen (secondary N) is 1. The zero-order valence-electron chi connectivity index (χ0n) is 13.4. The molecule has 0 spiro atoms. The maximum atomic E-state index is 12.5. The van der Waals surface area contributed by atoms with Crippen LogP contribution < -0.4 is 10.1 Å². The lowest BCUT2D eigenvalue weighted by Crippen LogP contribution is -2.12. The molecule has 5 nitrogen and oxygen atoms in total. The van der Waals surface area contributed by atoms with Crippen molar-refractivity contribution in [3.05, 3.63) is 58.6 Å². The first-order valence-corrected chi connectivity index (χ1v) is 9.52. The van der Waals surface area contributed by atoms with E-state index >= 15 is 0 Å². The van der Waals surface area contributed by atoms with Gasteiger partial charge in [0.25, 0.3) is 0 Å². The number of carbonyl (C=O) groups excluding carboxylic acids is 1. The number of hydrogen-bond donors (Lipinski definition) is 1. The molecule has 0 radical (unpaired) electrons. The van der Waals surface area contributed by atoms with Gasteiger partial charge in [-0.15, -0.1) is 0 Å². The average Bonchev–Trinajstić information content (AvgIpc) is 2.60. The van der Waals surface area contributed by atoms with E-state index < -0.39 is 26.4 Å². The van der Waals surface area contributed by atoms with Gasteiger partial charge in [0.2, 0.25) is 15.7 Å². The van der Waals surface area contributed by atoms with Gasteiger partial charge in [0.05, 0.1) is 12.0 Å². The van der Waals surface area contributed by atoms with Gasteiger partial charge in [-0.25, -0.2) is 8.42 Å². The molecule has 0 aromatic heterocycles. The highest BCUT2D eigenvalue weighted by atomic mass is 79.9. The predicted molar refractivity (Wildman–Crippen MR) is 98.0 cm³/mol. The number of methoxy groups -OCH3 is 1. The molecular weight excluding hydrogens is 432 g/mol. The van der Waals surface area contributed by atoms with Crippen molar-refractivity contribution in [3.8, 4) is 5.75 Å². The molecule has 138 valence electrons. The Morgan fingerprint density at radius 2 is 1.85 bits per heavy atom. The second kappa shape index (κ2) is 8.41. The van der Waals surface area contributed by atoms with Crippen molar-refractivity contribution in [3.63, 3.8) is 0 Å². The molecule has 0 bridgehead atoms. The molecule has 0 saturated heterocycles. The minimum Gasteiger partial charge on any atom is -0.496 e. The van der Waals surface area contributed by atoms with Crippen LogP contribution in [0.4, 0.5) is 14.5 Å². The van der Waals surface area contributed by atoms with Crippen LogP contribution in [-0.4, -0.2) is 27.2 Å². The lowest BCUT2D eigenvalue weighted by Gasteiger charge is -2.06. The molecule has 0 aliphatic rings. The van der Waals surface area contributed by atoms with E-state index in [1.807, 2.05) is 0 Å². The van der Waals surface area contributed by atoms with Gasteiger partial charge in [0.15, 0.2) is 0 Å². The summed E-state index contributed by atoms with van der Waals surface area (Å²) < 4.78 is 53.7. The number of halogens is 3. The highest BCUT2D eigenvalue weighted by Gasteiger charge is 2.26. The first-order valence-electron chi connectivity index (χ1n) is 7.19. The lowest BCUT2D eigenvalue weighted by molar-refractivity contribution is -0.111. The summed E-state index contributed by atoms with van der Waals surface area (Å²) in [7, 11) is -3.15. The molecule has 0 heterocycles. The number of sulfone groups is 1. The van der Waals surface area contributed by atoms with Crippen molar-refractivity contribution >= 4 is 43.4 Å². The third kappa shape index (κ3) is 4.89. The van der Waals surface area contributed by atoms with Gasteiger partial charge in [-0.3, -0.25) is 4.79 Å². The summed E-state index contributed by atoms with van der Waals surface area (Å²) in [5, 5.41) is 2.51. The molecule has 26 heavy (non-hydrogen) atoms. The van der Waals surface area contributed by atoms with Crippen molar-refractivity contribution < 1.29 is 26.7 Å². The van der Waals surface area contributed by atoms with Crippen molar-refractivity contribution in [2.24, 2.45) is 0 Å².